The van der Waals surface area contributed by atoms with E-state index in [4.69, 9.17) is 15.3 Å². The van der Waals surface area contributed by atoms with Crippen LogP contribution >= 0.6 is 0 Å². The molecule has 0 unspecified atom stereocenters. The van der Waals surface area contributed by atoms with E-state index in [1.54, 1.807) is 0 Å². The molecule has 0 aliphatic carbocycles. The van der Waals surface area contributed by atoms with E-state index in [1.807, 2.05) is 0 Å². The summed E-state index contributed by atoms with van der Waals surface area (Å²) >= 11 is 0. The van der Waals surface area contributed by atoms with Crippen LogP contribution in [0.1, 0.15) is 0 Å². The molecule has 11 heteroatoms. The van der Waals surface area contributed by atoms with Crippen molar-refractivity contribution in [1.29, 1.82) is 0 Å². The number of hydrogen-bond donors (Lipinski definition) is 3. The molecule has 1 rings (SSSR count). The summed E-state index contributed by atoms with van der Waals surface area (Å²) in [6.45, 7) is -0.815. The minimum absolute atomic E-state index is 0.815. The number of alkyl halides is 3. The molecule has 0 saturated carbocycles. The van der Waals surface area contributed by atoms with Crippen molar-refractivity contribution in [1.82, 2.24) is 0 Å². The Morgan fingerprint density at radius 2 is 1.76 bits per heavy atom. The first-order valence-electron chi connectivity index (χ1n) is 4.22. The Kier molecular flexibility index (Phi) is 4.01. The zero-order valence-electron chi connectivity index (χ0n) is 8.03. The summed E-state index contributed by atoms with van der Waals surface area (Å²) in [5.41, 5.74) is -5.67. The van der Waals surface area contributed by atoms with E-state index >= 15 is 0 Å². The van der Waals surface area contributed by atoms with Crippen LogP contribution in [0.2, 0.25) is 0 Å². The lowest BCUT2D eigenvalue weighted by Crippen LogP contribution is -2.37. The van der Waals surface area contributed by atoms with Gasteiger partial charge < -0.3 is 20.1 Å². The van der Waals surface area contributed by atoms with Gasteiger partial charge in [-0.3, -0.25) is 0 Å². The quantitative estimate of drug-likeness (QED) is 0.417. The monoisotopic (exact) mass is 282 g/mol. The minimum Gasteiger partial charge on any atom is -0.394 e. The van der Waals surface area contributed by atoms with Crippen LogP contribution in [-0.4, -0.2) is 60.5 Å². The standard InChI is InChI=1S/C6H9F3O7S/c7-6(8,9)17(13,14)16-5-4(12)3(11)2(1-10)15-5/h2-5,10-12H,1H2/t2-,3+,4-,5-/m1/s1. The molecule has 1 aliphatic heterocycles. The van der Waals surface area contributed by atoms with Crippen molar-refractivity contribution in [3.05, 3.63) is 0 Å². The van der Waals surface area contributed by atoms with Crippen molar-refractivity contribution >= 4 is 10.1 Å². The van der Waals surface area contributed by atoms with Crippen LogP contribution in [-0.2, 0) is 19.0 Å². The average molecular weight is 282 g/mol. The van der Waals surface area contributed by atoms with Crippen molar-refractivity contribution < 1.29 is 45.8 Å². The SMILES string of the molecule is O=S(=O)(O[C@H]1O[C@H](CO)[C@H](O)[C@H]1O)C(F)(F)F. The van der Waals surface area contributed by atoms with Crippen molar-refractivity contribution in [3.8, 4) is 0 Å². The Balaban J connectivity index is 2.78. The lowest BCUT2D eigenvalue weighted by Gasteiger charge is -2.16. The van der Waals surface area contributed by atoms with Crippen LogP contribution in [0.4, 0.5) is 13.2 Å². The van der Waals surface area contributed by atoms with Crippen LogP contribution < -0.4 is 0 Å². The highest BCUT2D eigenvalue weighted by Gasteiger charge is 2.53. The molecular formula is C6H9F3O7S. The van der Waals surface area contributed by atoms with E-state index in [1.165, 1.54) is 0 Å². The van der Waals surface area contributed by atoms with Gasteiger partial charge in [0.25, 0.3) is 0 Å². The number of rotatable bonds is 3. The van der Waals surface area contributed by atoms with Gasteiger partial charge in [-0.2, -0.15) is 21.6 Å². The third-order valence-electron chi connectivity index (χ3n) is 2.00. The normalized spacial score (nSPS) is 35.2. The summed E-state index contributed by atoms with van der Waals surface area (Å²) in [5.74, 6) is 0. The predicted octanol–water partition coefficient (Wildman–Crippen LogP) is -1.71. The molecule has 1 saturated heterocycles. The summed E-state index contributed by atoms with van der Waals surface area (Å²) in [4.78, 5) is 0. The van der Waals surface area contributed by atoms with E-state index in [-0.39, 0.29) is 0 Å². The zero-order valence-corrected chi connectivity index (χ0v) is 8.85. The second-order valence-electron chi connectivity index (χ2n) is 3.20. The summed E-state index contributed by atoms with van der Waals surface area (Å²) in [5, 5.41) is 26.9. The molecule has 3 N–H and O–H groups in total. The van der Waals surface area contributed by atoms with Gasteiger partial charge in [-0.05, 0) is 0 Å². The minimum atomic E-state index is -5.95. The molecule has 102 valence electrons. The lowest BCUT2D eigenvalue weighted by molar-refractivity contribution is -0.129. The Labute approximate surface area is 93.5 Å². The van der Waals surface area contributed by atoms with Crippen molar-refractivity contribution in [2.45, 2.75) is 30.1 Å². The maximum absolute atomic E-state index is 11.9. The highest BCUT2D eigenvalue weighted by atomic mass is 32.2. The Morgan fingerprint density at radius 3 is 2.12 bits per heavy atom. The molecule has 0 aromatic rings. The zero-order chi connectivity index (χ0) is 13.4. The fourth-order valence-corrected chi connectivity index (χ4v) is 1.64. The first-order chi connectivity index (χ1) is 7.60. The van der Waals surface area contributed by atoms with Gasteiger partial charge in [0.05, 0.1) is 6.61 Å². The van der Waals surface area contributed by atoms with Crippen LogP contribution in [0.3, 0.4) is 0 Å². The second-order valence-corrected chi connectivity index (χ2v) is 4.77. The van der Waals surface area contributed by atoms with Crippen molar-refractivity contribution in [2.75, 3.05) is 6.61 Å². The molecule has 1 heterocycles. The highest BCUT2D eigenvalue weighted by molar-refractivity contribution is 7.87. The van der Waals surface area contributed by atoms with Crippen LogP contribution in [0.5, 0.6) is 0 Å². The van der Waals surface area contributed by atoms with Gasteiger partial charge in [-0.25, -0.2) is 4.18 Å². The molecule has 0 spiro atoms. The molecule has 0 radical (unpaired) electrons. The number of halogens is 3. The second kappa shape index (κ2) is 4.66. The number of hydrogen-bond acceptors (Lipinski definition) is 7. The van der Waals surface area contributed by atoms with Gasteiger partial charge in [0.15, 0.2) is 0 Å². The van der Waals surface area contributed by atoms with E-state index < -0.39 is 46.8 Å². The molecule has 1 fully saturated rings. The Morgan fingerprint density at radius 1 is 1.24 bits per heavy atom. The highest BCUT2D eigenvalue weighted by Crippen LogP contribution is 2.30. The molecule has 0 aromatic heterocycles. The first kappa shape index (κ1) is 14.6. The van der Waals surface area contributed by atoms with Gasteiger partial charge >= 0.3 is 15.6 Å². The maximum atomic E-state index is 11.9. The first-order valence-corrected chi connectivity index (χ1v) is 5.63. The molecule has 1 aliphatic rings. The van der Waals surface area contributed by atoms with Crippen molar-refractivity contribution in [2.24, 2.45) is 0 Å². The third-order valence-corrected chi connectivity index (χ3v) is 3.01. The maximum Gasteiger partial charge on any atom is 0.523 e. The van der Waals surface area contributed by atoms with E-state index in [0.717, 1.165) is 0 Å². The fourth-order valence-electron chi connectivity index (χ4n) is 1.12. The summed E-state index contributed by atoms with van der Waals surface area (Å²) in [7, 11) is -5.95. The molecule has 4 atom stereocenters. The summed E-state index contributed by atoms with van der Waals surface area (Å²) in [6, 6.07) is 0. The van der Waals surface area contributed by atoms with Gasteiger partial charge in [0.1, 0.15) is 18.3 Å². The van der Waals surface area contributed by atoms with E-state index in [0.29, 0.717) is 0 Å². The predicted molar refractivity (Wildman–Crippen MR) is 43.8 cm³/mol. The van der Waals surface area contributed by atoms with Gasteiger partial charge in [0.2, 0.25) is 6.29 Å². The molecule has 0 bridgehead atoms. The van der Waals surface area contributed by atoms with E-state index in [9.17, 15) is 21.6 Å². The topological polar surface area (TPSA) is 113 Å². The third kappa shape index (κ3) is 2.86. The van der Waals surface area contributed by atoms with Crippen LogP contribution in [0.25, 0.3) is 0 Å². The smallest absolute Gasteiger partial charge is 0.394 e. The van der Waals surface area contributed by atoms with Gasteiger partial charge in [0, 0.05) is 0 Å². The van der Waals surface area contributed by atoms with E-state index in [2.05, 4.69) is 8.92 Å². The molecule has 7 nitrogen and oxygen atoms in total. The van der Waals surface area contributed by atoms with Crippen LogP contribution in [0.15, 0.2) is 0 Å². The summed E-state index contributed by atoms with van der Waals surface area (Å²) < 4.78 is 64.9. The van der Waals surface area contributed by atoms with Crippen molar-refractivity contribution in [3.63, 3.8) is 0 Å². The summed E-state index contributed by atoms with van der Waals surface area (Å²) in [6.07, 6.45) is -7.38. The Hall–Kier alpha value is -0.460. The average Bonchev–Trinajstić information content (AvgIpc) is 2.43. The lowest BCUT2D eigenvalue weighted by atomic mass is 10.1. The Bertz CT molecular complexity index is 366. The van der Waals surface area contributed by atoms with Gasteiger partial charge in [-0.15, -0.1) is 0 Å². The number of aliphatic hydroxyl groups excluding tert-OH is 3. The molecule has 0 aromatic carbocycles. The van der Waals surface area contributed by atoms with Crippen LogP contribution in [0, 0.1) is 0 Å². The molecule has 17 heavy (non-hydrogen) atoms. The number of ether oxygens (including phenoxy) is 1. The largest absolute Gasteiger partial charge is 0.523 e. The van der Waals surface area contributed by atoms with Gasteiger partial charge in [-0.1, -0.05) is 0 Å². The fraction of sp³-hybridized carbons (Fsp3) is 1.00. The number of aliphatic hydroxyl groups is 3. The molecular weight excluding hydrogens is 273 g/mol. The molecule has 0 amide bonds.